The molecule has 5 unspecified atom stereocenters. The molecule has 3 saturated carbocycles. The van der Waals surface area contributed by atoms with E-state index in [9.17, 15) is 0 Å². The van der Waals surface area contributed by atoms with Crippen LogP contribution in [0.3, 0.4) is 0 Å². The predicted molar refractivity (Wildman–Crippen MR) is 73.0 cm³/mol. The van der Waals surface area contributed by atoms with Crippen LogP contribution in [0.4, 0.5) is 0 Å². The minimum Gasteiger partial charge on any atom is -0.311 e. The maximum atomic E-state index is 4.03. The largest absolute Gasteiger partial charge is 0.311 e. The number of fused-ring (bicyclic) bond motifs is 2. The van der Waals surface area contributed by atoms with Crippen LogP contribution >= 0.6 is 0 Å². The zero-order chi connectivity index (χ0) is 11.7. The molecule has 3 fully saturated rings. The zero-order valence-electron chi connectivity index (χ0n) is 11.5. The van der Waals surface area contributed by atoms with Crippen molar-refractivity contribution >= 4 is 0 Å². The van der Waals surface area contributed by atoms with Crippen molar-refractivity contribution in [2.24, 2.45) is 17.8 Å². The fraction of sp³-hybridized carbons (Fsp3) is 1.00. The average Bonchev–Trinajstić information content (AvgIpc) is 2.87. The van der Waals surface area contributed by atoms with Crippen molar-refractivity contribution in [1.29, 1.82) is 0 Å². The molecule has 17 heavy (non-hydrogen) atoms. The van der Waals surface area contributed by atoms with Gasteiger partial charge in [0.25, 0.3) is 0 Å². The van der Waals surface area contributed by atoms with Gasteiger partial charge in [-0.05, 0) is 56.3 Å². The van der Waals surface area contributed by atoms with Gasteiger partial charge in [-0.25, -0.2) is 0 Å². The van der Waals surface area contributed by atoms with Crippen molar-refractivity contribution in [1.82, 2.24) is 5.32 Å². The second-order valence-electron chi connectivity index (χ2n) is 6.93. The molecule has 0 heterocycles. The lowest BCUT2D eigenvalue weighted by Gasteiger charge is -2.28. The average molecular weight is 235 g/mol. The third kappa shape index (κ3) is 2.70. The Hall–Kier alpha value is -0.0400. The summed E-state index contributed by atoms with van der Waals surface area (Å²) in [5.74, 6) is 3.17. The summed E-state index contributed by atoms with van der Waals surface area (Å²) in [7, 11) is 0. The molecule has 3 aliphatic rings. The first-order valence-corrected chi connectivity index (χ1v) is 8.11. The van der Waals surface area contributed by atoms with Gasteiger partial charge in [0.2, 0.25) is 0 Å². The molecule has 98 valence electrons. The zero-order valence-corrected chi connectivity index (χ0v) is 11.5. The van der Waals surface area contributed by atoms with Gasteiger partial charge >= 0.3 is 0 Å². The lowest BCUT2D eigenvalue weighted by molar-refractivity contribution is 0.301. The van der Waals surface area contributed by atoms with Gasteiger partial charge in [0.05, 0.1) is 0 Å². The molecule has 0 aromatic carbocycles. The van der Waals surface area contributed by atoms with Crippen LogP contribution in [0.5, 0.6) is 0 Å². The molecule has 0 aromatic rings. The van der Waals surface area contributed by atoms with Gasteiger partial charge < -0.3 is 5.32 Å². The topological polar surface area (TPSA) is 12.0 Å². The van der Waals surface area contributed by atoms with Crippen LogP contribution in [-0.2, 0) is 0 Å². The lowest BCUT2D eigenvalue weighted by atomic mass is 9.93. The summed E-state index contributed by atoms with van der Waals surface area (Å²) in [6.45, 7) is 2.37. The van der Waals surface area contributed by atoms with Crippen LogP contribution in [0.2, 0.25) is 0 Å². The number of hydrogen-bond donors (Lipinski definition) is 1. The summed E-state index contributed by atoms with van der Waals surface area (Å²) in [6, 6.07) is 1.76. The van der Waals surface area contributed by atoms with Crippen molar-refractivity contribution in [2.75, 3.05) is 0 Å². The Morgan fingerprint density at radius 3 is 2.59 bits per heavy atom. The molecule has 1 nitrogen and oxygen atoms in total. The Kier molecular flexibility index (Phi) is 3.75. The highest BCUT2D eigenvalue weighted by Crippen LogP contribution is 2.44. The number of nitrogens with one attached hydrogen (secondary N) is 1. The SMILES string of the molecule is CCC1CCCC(NC2CC3CCC2C3)CC1. The van der Waals surface area contributed by atoms with Gasteiger partial charge in [0.1, 0.15) is 0 Å². The summed E-state index contributed by atoms with van der Waals surface area (Å²) in [6.07, 6.45) is 14.8. The Bertz CT molecular complexity index is 250. The fourth-order valence-corrected chi connectivity index (χ4v) is 4.71. The maximum absolute atomic E-state index is 4.03. The van der Waals surface area contributed by atoms with E-state index >= 15 is 0 Å². The van der Waals surface area contributed by atoms with E-state index in [4.69, 9.17) is 0 Å². The third-order valence-corrected chi connectivity index (χ3v) is 5.85. The summed E-state index contributed by atoms with van der Waals surface area (Å²) in [4.78, 5) is 0. The standard InChI is InChI=1S/C16H29N/c1-2-12-4-3-5-15(9-7-12)17-16-11-13-6-8-14(16)10-13/h12-17H,2-11H2,1H3. The molecule has 2 bridgehead atoms. The number of hydrogen-bond acceptors (Lipinski definition) is 1. The molecule has 0 aliphatic heterocycles. The second-order valence-corrected chi connectivity index (χ2v) is 6.93. The molecule has 0 saturated heterocycles. The molecular formula is C16H29N. The van der Waals surface area contributed by atoms with Crippen molar-refractivity contribution < 1.29 is 0 Å². The first-order valence-electron chi connectivity index (χ1n) is 8.11. The predicted octanol–water partition coefficient (Wildman–Crippen LogP) is 4.12. The molecule has 1 heteroatoms. The first kappa shape index (κ1) is 12.0. The van der Waals surface area contributed by atoms with Crippen LogP contribution in [0.1, 0.15) is 71.1 Å². The molecule has 3 aliphatic carbocycles. The van der Waals surface area contributed by atoms with Crippen LogP contribution in [0.15, 0.2) is 0 Å². The van der Waals surface area contributed by atoms with Crippen molar-refractivity contribution in [2.45, 2.75) is 83.2 Å². The van der Waals surface area contributed by atoms with Crippen molar-refractivity contribution in [3.63, 3.8) is 0 Å². The summed E-state index contributed by atoms with van der Waals surface area (Å²) >= 11 is 0. The van der Waals surface area contributed by atoms with Crippen LogP contribution < -0.4 is 5.32 Å². The molecular weight excluding hydrogens is 206 g/mol. The third-order valence-electron chi connectivity index (χ3n) is 5.85. The molecule has 5 atom stereocenters. The summed E-state index contributed by atoms with van der Waals surface area (Å²) in [5.41, 5.74) is 0. The highest BCUT2D eigenvalue weighted by molar-refractivity contribution is 4.95. The minimum absolute atomic E-state index is 0.857. The number of rotatable bonds is 3. The van der Waals surface area contributed by atoms with Gasteiger partial charge in [-0.2, -0.15) is 0 Å². The maximum Gasteiger partial charge on any atom is 0.0101 e. The Morgan fingerprint density at radius 2 is 1.88 bits per heavy atom. The summed E-state index contributed by atoms with van der Waals surface area (Å²) < 4.78 is 0. The summed E-state index contributed by atoms with van der Waals surface area (Å²) in [5, 5.41) is 4.03. The van der Waals surface area contributed by atoms with Gasteiger partial charge in [-0.1, -0.05) is 32.6 Å². The highest BCUT2D eigenvalue weighted by atomic mass is 15.0. The fourth-order valence-electron chi connectivity index (χ4n) is 4.71. The minimum atomic E-state index is 0.857. The molecule has 3 rings (SSSR count). The quantitative estimate of drug-likeness (QED) is 0.725. The van der Waals surface area contributed by atoms with Gasteiger partial charge in [0, 0.05) is 12.1 Å². The van der Waals surface area contributed by atoms with E-state index in [-0.39, 0.29) is 0 Å². The Morgan fingerprint density at radius 1 is 0.941 bits per heavy atom. The normalized spacial score (nSPS) is 46.1. The highest BCUT2D eigenvalue weighted by Gasteiger charge is 2.40. The molecule has 0 spiro atoms. The Labute approximate surface area is 107 Å². The first-order chi connectivity index (χ1) is 8.35. The van der Waals surface area contributed by atoms with E-state index < -0.39 is 0 Å². The van der Waals surface area contributed by atoms with E-state index in [0.29, 0.717) is 0 Å². The monoisotopic (exact) mass is 235 g/mol. The smallest absolute Gasteiger partial charge is 0.0101 e. The Balaban J connectivity index is 1.48. The molecule has 0 radical (unpaired) electrons. The molecule has 0 amide bonds. The van der Waals surface area contributed by atoms with Crippen LogP contribution in [0.25, 0.3) is 0 Å². The van der Waals surface area contributed by atoms with Crippen molar-refractivity contribution in [3.05, 3.63) is 0 Å². The van der Waals surface area contributed by atoms with E-state index in [1.807, 2.05) is 0 Å². The van der Waals surface area contributed by atoms with Gasteiger partial charge in [-0.15, -0.1) is 0 Å². The van der Waals surface area contributed by atoms with Gasteiger partial charge in [-0.3, -0.25) is 0 Å². The lowest BCUT2D eigenvalue weighted by Crippen LogP contribution is -2.41. The molecule has 0 aromatic heterocycles. The van der Waals surface area contributed by atoms with E-state index in [1.165, 1.54) is 57.8 Å². The van der Waals surface area contributed by atoms with Gasteiger partial charge in [0.15, 0.2) is 0 Å². The van der Waals surface area contributed by atoms with E-state index in [2.05, 4.69) is 12.2 Å². The van der Waals surface area contributed by atoms with Crippen molar-refractivity contribution in [3.8, 4) is 0 Å². The van der Waals surface area contributed by atoms with E-state index in [1.54, 1.807) is 6.42 Å². The second kappa shape index (κ2) is 5.30. The molecule has 1 N–H and O–H groups in total. The van der Waals surface area contributed by atoms with E-state index in [0.717, 1.165) is 29.8 Å². The van der Waals surface area contributed by atoms with Crippen LogP contribution in [0, 0.1) is 17.8 Å². The van der Waals surface area contributed by atoms with Crippen LogP contribution in [-0.4, -0.2) is 12.1 Å².